The van der Waals surface area contributed by atoms with Crippen LogP contribution in [0.3, 0.4) is 0 Å². The van der Waals surface area contributed by atoms with Crippen LogP contribution in [0.2, 0.25) is 0 Å². The van der Waals surface area contributed by atoms with E-state index in [9.17, 15) is 18.0 Å². The molecule has 1 atom stereocenters. The fourth-order valence-electron chi connectivity index (χ4n) is 3.54. The summed E-state index contributed by atoms with van der Waals surface area (Å²) in [5, 5.41) is 3.59. The molecule has 1 aromatic carbocycles. The van der Waals surface area contributed by atoms with Gasteiger partial charge in [0.2, 0.25) is 27.7 Å². The lowest BCUT2D eigenvalue weighted by molar-refractivity contribution is -0.133. The predicted octanol–water partition coefficient (Wildman–Crippen LogP) is 0.767. The van der Waals surface area contributed by atoms with Crippen LogP contribution in [0, 0.1) is 0 Å². The third kappa shape index (κ3) is 4.14. The first-order valence-corrected chi connectivity index (χ1v) is 10.8. The monoisotopic (exact) mass is 432 g/mol. The van der Waals surface area contributed by atoms with Gasteiger partial charge in [0.05, 0.1) is 18.6 Å². The van der Waals surface area contributed by atoms with Crippen molar-refractivity contribution in [2.24, 2.45) is 0 Å². The lowest BCUT2D eigenvalue weighted by Crippen LogP contribution is -2.56. The van der Waals surface area contributed by atoms with Gasteiger partial charge in [-0.2, -0.15) is 4.31 Å². The number of piperazine rings is 1. The van der Waals surface area contributed by atoms with Crippen molar-refractivity contribution >= 4 is 32.6 Å². The van der Waals surface area contributed by atoms with Gasteiger partial charge in [-0.1, -0.05) is 12.6 Å². The number of amides is 2. The van der Waals surface area contributed by atoms with E-state index in [1.807, 2.05) is 0 Å². The van der Waals surface area contributed by atoms with Gasteiger partial charge in [0.25, 0.3) is 0 Å². The molecule has 2 aromatic rings. The van der Waals surface area contributed by atoms with Crippen LogP contribution >= 0.6 is 0 Å². The third-order valence-corrected chi connectivity index (χ3v) is 7.10. The Morgan fingerprint density at radius 2 is 2.07 bits per heavy atom. The Morgan fingerprint density at radius 3 is 2.73 bits per heavy atom. The molecule has 0 saturated carbocycles. The summed E-state index contributed by atoms with van der Waals surface area (Å²) >= 11 is 0. The molecule has 0 bridgehead atoms. The fourth-order valence-corrected chi connectivity index (χ4v) is 5.36. The Kier molecular flexibility index (Phi) is 6.37. The van der Waals surface area contributed by atoms with Gasteiger partial charge in [-0.15, -0.1) is 0 Å². The van der Waals surface area contributed by atoms with Crippen molar-refractivity contribution in [1.29, 1.82) is 0 Å². The fraction of sp³-hybridized carbons (Fsp3) is 0.350. The molecule has 1 aliphatic heterocycles. The number of aromatic nitrogens is 1. The lowest BCUT2D eigenvalue weighted by Gasteiger charge is -2.39. The van der Waals surface area contributed by atoms with Gasteiger partial charge in [0.15, 0.2) is 0 Å². The van der Waals surface area contributed by atoms with Gasteiger partial charge >= 0.3 is 0 Å². The number of carbonyl (C=O) groups is 2. The van der Waals surface area contributed by atoms with Crippen molar-refractivity contribution in [3.63, 3.8) is 0 Å². The SMILES string of the molecule is C=CC(=O)NCC(=O)N1CCN(S(=O)(=O)c2cccc3c(OC)nccc23)[C@H](C)C1. The average Bonchev–Trinajstić information content (AvgIpc) is 2.75. The summed E-state index contributed by atoms with van der Waals surface area (Å²) in [4.78, 5) is 29.4. The van der Waals surface area contributed by atoms with E-state index in [0.29, 0.717) is 16.7 Å². The van der Waals surface area contributed by atoms with Crippen LogP contribution in [0.15, 0.2) is 48.0 Å². The molecular weight excluding hydrogens is 408 g/mol. The molecule has 0 aliphatic carbocycles. The average molecular weight is 433 g/mol. The highest BCUT2D eigenvalue weighted by Gasteiger charge is 2.36. The van der Waals surface area contributed by atoms with E-state index in [4.69, 9.17) is 4.74 Å². The molecule has 30 heavy (non-hydrogen) atoms. The van der Waals surface area contributed by atoms with Crippen LogP contribution in [0.4, 0.5) is 0 Å². The molecule has 9 nitrogen and oxygen atoms in total. The van der Waals surface area contributed by atoms with E-state index >= 15 is 0 Å². The highest BCUT2D eigenvalue weighted by Crippen LogP contribution is 2.31. The third-order valence-electron chi connectivity index (χ3n) is 5.03. The number of fused-ring (bicyclic) bond motifs is 1. The van der Waals surface area contributed by atoms with Crippen LogP contribution in [-0.2, 0) is 19.6 Å². The summed E-state index contributed by atoms with van der Waals surface area (Å²) in [6.45, 7) is 5.57. The second-order valence-electron chi connectivity index (χ2n) is 6.90. The van der Waals surface area contributed by atoms with Crippen molar-refractivity contribution in [2.75, 3.05) is 33.3 Å². The molecule has 3 rings (SSSR count). The van der Waals surface area contributed by atoms with E-state index < -0.39 is 22.0 Å². The van der Waals surface area contributed by atoms with E-state index in [1.54, 1.807) is 36.1 Å². The molecule has 2 amide bonds. The Balaban J connectivity index is 1.82. The summed E-state index contributed by atoms with van der Waals surface area (Å²) in [6, 6.07) is 6.20. The molecule has 0 spiro atoms. The highest BCUT2D eigenvalue weighted by molar-refractivity contribution is 7.89. The molecule has 1 fully saturated rings. The quantitative estimate of drug-likeness (QED) is 0.676. The van der Waals surface area contributed by atoms with Gasteiger partial charge in [-0.05, 0) is 31.2 Å². The van der Waals surface area contributed by atoms with Crippen LogP contribution in [0.5, 0.6) is 5.88 Å². The van der Waals surface area contributed by atoms with E-state index in [0.717, 1.165) is 6.08 Å². The summed E-state index contributed by atoms with van der Waals surface area (Å²) < 4.78 is 33.5. The number of rotatable bonds is 6. The topological polar surface area (TPSA) is 109 Å². The zero-order valence-electron chi connectivity index (χ0n) is 16.9. The minimum Gasteiger partial charge on any atom is -0.481 e. The van der Waals surface area contributed by atoms with Crippen LogP contribution < -0.4 is 10.1 Å². The summed E-state index contributed by atoms with van der Waals surface area (Å²) in [5.41, 5.74) is 0. The summed E-state index contributed by atoms with van der Waals surface area (Å²) in [7, 11) is -2.33. The van der Waals surface area contributed by atoms with Crippen molar-refractivity contribution in [3.8, 4) is 5.88 Å². The number of ether oxygens (including phenoxy) is 1. The maximum atomic E-state index is 13.4. The molecule has 1 N–H and O–H groups in total. The maximum Gasteiger partial charge on any atom is 0.244 e. The Hall–Kier alpha value is -2.98. The number of pyridine rings is 1. The first-order valence-electron chi connectivity index (χ1n) is 9.41. The van der Waals surface area contributed by atoms with Crippen molar-refractivity contribution in [2.45, 2.75) is 17.9 Å². The van der Waals surface area contributed by atoms with E-state index in [2.05, 4.69) is 16.9 Å². The van der Waals surface area contributed by atoms with Crippen LogP contribution in [-0.4, -0.2) is 73.8 Å². The molecular formula is C20H24N4O5S. The molecule has 0 unspecified atom stereocenters. The number of methoxy groups -OCH3 is 1. The van der Waals surface area contributed by atoms with Crippen LogP contribution in [0.1, 0.15) is 6.92 Å². The smallest absolute Gasteiger partial charge is 0.244 e. The zero-order chi connectivity index (χ0) is 21.9. The number of carbonyl (C=O) groups excluding carboxylic acids is 2. The van der Waals surface area contributed by atoms with Gasteiger partial charge in [0, 0.05) is 42.6 Å². The van der Waals surface area contributed by atoms with Crippen molar-refractivity contribution < 1.29 is 22.7 Å². The number of hydrogen-bond donors (Lipinski definition) is 1. The molecule has 10 heteroatoms. The molecule has 1 aliphatic rings. The summed E-state index contributed by atoms with van der Waals surface area (Å²) in [5.74, 6) is -0.344. The maximum absolute atomic E-state index is 13.4. The first-order chi connectivity index (χ1) is 14.3. The Labute approximate surface area is 175 Å². The van der Waals surface area contributed by atoms with E-state index in [1.165, 1.54) is 17.6 Å². The largest absolute Gasteiger partial charge is 0.481 e. The molecule has 1 saturated heterocycles. The standard InChI is InChI=1S/C20H24N4O5S/c1-4-18(25)22-12-19(26)23-10-11-24(14(2)13-23)30(27,28)17-7-5-6-16-15(17)8-9-21-20(16)29-3/h4-9,14H,1,10-13H2,2-3H3,(H,22,25)/t14-/m1/s1. The van der Waals surface area contributed by atoms with Crippen LogP contribution in [0.25, 0.3) is 10.8 Å². The lowest BCUT2D eigenvalue weighted by atomic mass is 10.2. The number of sulfonamides is 1. The van der Waals surface area contributed by atoms with Crippen molar-refractivity contribution in [1.82, 2.24) is 19.5 Å². The minimum atomic E-state index is -3.81. The number of nitrogens with zero attached hydrogens (tertiary/aromatic N) is 3. The predicted molar refractivity (Wildman–Crippen MR) is 111 cm³/mol. The van der Waals surface area contributed by atoms with Crippen molar-refractivity contribution in [3.05, 3.63) is 43.1 Å². The number of benzene rings is 1. The number of hydrogen-bond acceptors (Lipinski definition) is 6. The minimum absolute atomic E-state index is 0.152. The molecule has 160 valence electrons. The molecule has 1 aromatic heterocycles. The second-order valence-corrected chi connectivity index (χ2v) is 8.76. The Morgan fingerprint density at radius 1 is 1.30 bits per heavy atom. The molecule has 0 radical (unpaired) electrons. The Bertz CT molecular complexity index is 1090. The highest BCUT2D eigenvalue weighted by atomic mass is 32.2. The zero-order valence-corrected chi connectivity index (χ0v) is 17.7. The van der Waals surface area contributed by atoms with Gasteiger partial charge < -0.3 is 15.0 Å². The number of nitrogens with one attached hydrogen (secondary N) is 1. The summed E-state index contributed by atoms with van der Waals surface area (Å²) in [6.07, 6.45) is 2.60. The van der Waals surface area contributed by atoms with Gasteiger partial charge in [0.1, 0.15) is 0 Å². The van der Waals surface area contributed by atoms with Gasteiger partial charge in [-0.25, -0.2) is 13.4 Å². The second kappa shape index (κ2) is 8.80. The molecule has 2 heterocycles. The first kappa shape index (κ1) is 21.7. The van der Waals surface area contributed by atoms with Gasteiger partial charge in [-0.3, -0.25) is 9.59 Å². The van der Waals surface area contributed by atoms with E-state index in [-0.39, 0.29) is 37.0 Å². The normalized spacial score (nSPS) is 17.5.